The van der Waals surface area contributed by atoms with Gasteiger partial charge in [0.15, 0.2) is 17.3 Å². The number of allylic oxidation sites excluding steroid dienone is 1. The van der Waals surface area contributed by atoms with Gasteiger partial charge in [-0.3, -0.25) is 9.59 Å². The highest BCUT2D eigenvalue weighted by Crippen LogP contribution is 2.47. The highest BCUT2D eigenvalue weighted by molar-refractivity contribution is 6.52. The molecule has 1 aromatic carbocycles. The van der Waals surface area contributed by atoms with Crippen LogP contribution in [0.1, 0.15) is 34.8 Å². The number of aliphatic hydroxyl groups excluding tert-OH is 2. The largest absolute Gasteiger partial charge is 0.507 e. The summed E-state index contributed by atoms with van der Waals surface area (Å²) in [4.78, 5) is 23.2. The van der Waals surface area contributed by atoms with Gasteiger partial charge in [0.1, 0.15) is 5.75 Å². The van der Waals surface area contributed by atoms with Crippen LogP contribution in [0.3, 0.4) is 0 Å². The van der Waals surface area contributed by atoms with E-state index < -0.39 is 51.5 Å². The van der Waals surface area contributed by atoms with Gasteiger partial charge in [-0.2, -0.15) is 0 Å². The molecule has 1 aromatic rings. The minimum atomic E-state index is -1.39. The molecule has 0 spiro atoms. The van der Waals surface area contributed by atoms with Gasteiger partial charge in [0.2, 0.25) is 11.5 Å². The van der Waals surface area contributed by atoms with Crippen LogP contribution in [-0.2, 0) is 11.2 Å². The second kappa shape index (κ2) is 4.44. The predicted molar refractivity (Wildman–Crippen MR) is 66.9 cm³/mol. The molecular weight excluding hydrogens is 268 g/mol. The topological polar surface area (TPSA) is 135 Å². The first-order chi connectivity index (χ1) is 9.32. The summed E-state index contributed by atoms with van der Waals surface area (Å²) in [5.41, 5.74) is -1.37. The summed E-state index contributed by atoms with van der Waals surface area (Å²) in [5.74, 6) is -7.21. The van der Waals surface area contributed by atoms with E-state index in [1.54, 1.807) is 6.92 Å². The van der Waals surface area contributed by atoms with E-state index in [1.807, 2.05) is 0 Å². The van der Waals surface area contributed by atoms with Crippen molar-refractivity contribution in [2.24, 2.45) is 0 Å². The lowest BCUT2D eigenvalue weighted by Crippen LogP contribution is -2.24. The van der Waals surface area contributed by atoms with E-state index in [4.69, 9.17) is 0 Å². The highest BCUT2D eigenvalue weighted by Gasteiger charge is 2.39. The van der Waals surface area contributed by atoms with Crippen molar-refractivity contribution < 1.29 is 35.1 Å². The van der Waals surface area contributed by atoms with Crippen molar-refractivity contribution >= 4 is 17.3 Å². The Hall–Kier alpha value is -2.70. The van der Waals surface area contributed by atoms with Crippen LogP contribution in [0.25, 0.3) is 5.76 Å². The third-order valence-corrected chi connectivity index (χ3v) is 3.13. The van der Waals surface area contributed by atoms with Crippen molar-refractivity contribution in [1.82, 2.24) is 0 Å². The second-order valence-corrected chi connectivity index (χ2v) is 4.38. The molecule has 20 heavy (non-hydrogen) atoms. The minimum Gasteiger partial charge on any atom is -0.507 e. The molecule has 0 atom stereocenters. The summed E-state index contributed by atoms with van der Waals surface area (Å²) in [5, 5.41) is 48.6. The van der Waals surface area contributed by atoms with Gasteiger partial charge in [0.05, 0.1) is 11.1 Å². The van der Waals surface area contributed by atoms with Gasteiger partial charge in [-0.1, -0.05) is 13.3 Å². The summed E-state index contributed by atoms with van der Waals surface area (Å²) in [6.45, 7) is 1.74. The van der Waals surface area contributed by atoms with Crippen LogP contribution in [0.4, 0.5) is 0 Å². The molecule has 0 unspecified atom stereocenters. The molecule has 106 valence electrons. The molecule has 0 aliphatic heterocycles. The number of phenolic OH excluding ortho intramolecular Hbond substituents is 3. The fraction of sp³-hybridized carbons (Fsp3) is 0.231. The van der Waals surface area contributed by atoms with Crippen LogP contribution in [0, 0.1) is 0 Å². The van der Waals surface area contributed by atoms with Gasteiger partial charge in [-0.05, 0) is 6.42 Å². The predicted octanol–water partition coefficient (Wildman–Crippen LogP) is 1.31. The van der Waals surface area contributed by atoms with E-state index in [9.17, 15) is 35.1 Å². The van der Waals surface area contributed by atoms with Crippen LogP contribution in [0.5, 0.6) is 17.2 Å². The van der Waals surface area contributed by atoms with Crippen molar-refractivity contribution in [1.29, 1.82) is 0 Å². The molecule has 0 radical (unpaired) electrons. The molecule has 0 heterocycles. The minimum absolute atomic E-state index is 0.0981. The molecule has 0 bridgehead atoms. The average molecular weight is 280 g/mol. The van der Waals surface area contributed by atoms with E-state index in [2.05, 4.69) is 0 Å². The smallest absolute Gasteiger partial charge is 0.271 e. The van der Waals surface area contributed by atoms with Crippen LogP contribution in [0.2, 0.25) is 0 Å². The summed E-state index contributed by atoms with van der Waals surface area (Å²) in [6.07, 6.45) is 0.644. The summed E-state index contributed by atoms with van der Waals surface area (Å²) in [7, 11) is 0. The van der Waals surface area contributed by atoms with Crippen LogP contribution in [0.15, 0.2) is 5.76 Å². The molecule has 7 nitrogen and oxygen atoms in total. The van der Waals surface area contributed by atoms with Gasteiger partial charge >= 0.3 is 0 Å². The Bertz CT molecular complexity index is 670. The number of carbonyl (C=O) groups excluding carboxylic acids is 2. The molecule has 0 aromatic heterocycles. The first-order valence-electron chi connectivity index (χ1n) is 5.84. The number of hydrogen-bond donors (Lipinski definition) is 5. The number of fused-ring (bicyclic) bond motifs is 1. The Morgan fingerprint density at radius 1 is 0.750 bits per heavy atom. The van der Waals surface area contributed by atoms with Crippen molar-refractivity contribution in [3.05, 3.63) is 22.4 Å². The van der Waals surface area contributed by atoms with E-state index in [-0.39, 0.29) is 12.0 Å². The Balaban J connectivity index is 2.92. The Morgan fingerprint density at radius 3 is 1.90 bits per heavy atom. The van der Waals surface area contributed by atoms with E-state index in [0.717, 1.165) is 0 Å². The van der Waals surface area contributed by atoms with Crippen molar-refractivity contribution in [2.45, 2.75) is 19.8 Å². The Labute approximate surface area is 113 Å². The number of aromatic hydroxyl groups is 3. The molecule has 1 aliphatic rings. The highest BCUT2D eigenvalue weighted by atomic mass is 16.3. The quantitative estimate of drug-likeness (QED) is 0.313. The van der Waals surface area contributed by atoms with E-state index in [1.165, 1.54) is 0 Å². The first-order valence-corrected chi connectivity index (χ1v) is 5.84. The van der Waals surface area contributed by atoms with Gasteiger partial charge < -0.3 is 25.5 Å². The molecule has 0 saturated carbocycles. The lowest BCUT2D eigenvalue weighted by Gasteiger charge is -2.20. The number of ketones is 2. The van der Waals surface area contributed by atoms with E-state index >= 15 is 0 Å². The second-order valence-electron chi connectivity index (χ2n) is 4.38. The summed E-state index contributed by atoms with van der Waals surface area (Å²) < 4.78 is 0. The lowest BCUT2D eigenvalue weighted by atomic mass is 9.87. The number of benzene rings is 1. The average Bonchev–Trinajstić information content (AvgIpc) is 2.42. The summed E-state index contributed by atoms with van der Waals surface area (Å²) >= 11 is 0. The fourth-order valence-corrected chi connectivity index (χ4v) is 2.15. The SMILES string of the molecule is CCCc1c(O)c(O)c2c(c1O)C(=O)C(=O)C(O)=C2O. The maximum absolute atomic E-state index is 11.8. The Kier molecular flexibility index (Phi) is 3.05. The lowest BCUT2D eigenvalue weighted by molar-refractivity contribution is -0.114. The Morgan fingerprint density at radius 2 is 1.35 bits per heavy atom. The van der Waals surface area contributed by atoms with Gasteiger partial charge in [-0.25, -0.2) is 0 Å². The van der Waals surface area contributed by atoms with Crippen molar-refractivity contribution in [2.75, 3.05) is 0 Å². The monoisotopic (exact) mass is 280 g/mol. The molecule has 1 aliphatic carbocycles. The fourth-order valence-electron chi connectivity index (χ4n) is 2.15. The zero-order chi connectivity index (χ0) is 15.2. The maximum Gasteiger partial charge on any atom is 0.271 e. The standard InChI is InChI=1S/C13H12O7/c1-2-3-4-7(14)5-6(9(16)8(4)15)11(18)13(20)12(19)10(5)17/h14-16,18,20H,2-3H2,1H3. The number of carbonyl (C=O) groups is 2. The van der Waals surface area contributed by atoms with Crippen molar-refractivity contribution in [3.8, 4) is 17.2 Å². The van der Waals surface area contributed by atoms with Crippen LogP contribution >= 0.6 is 0 Å². The molecular formula is C13H12O7. The van der Waals surface area contributed by atoms with E-state index in [0.29, 0.717) is 6.42 Å². The molecule has 0 amide bonds. The first kappa shape index (κ1) is 13.7. The molecule has 0 saturated heterocycles. The number of phenols is 3. The number of aliphatic hydroxyl groups is 2. The third-order valence-electron chi connectivity index (χ3n) is 3.13. The number of hydrogen-bond acceptors (Lipinski definition) is 7. The van der Waals surface area contributed by atoms with Gasteiger partial charge in [0.25, 0.3) is 5.78 Å². The maximum atomic E-state index is 11.8. The number of rotatable bonds is 2. The third kappa shape index (κ3) is 1.59. The summed E-state index contributed by atoms with van der Waals surface area (Å²) in [6, 6.07) is 0. The normalized spacial score (nSPS) is 14.7. The zero-order valence-electron chi connectivity index (χ0n) is 10.5. The number of Topliss-reactive ketones (excluding diaryl/α,β-unsaturated/α-hetero) is 2. The zero-order valence-corrected chi connectivity index (χ0v) is 10.5. The molecule has 7 heteroatoms. The van der Waals surface area contributed by atoms with Gasteiger partial charge in [0, 0.05) is 5.56 Å². The van der Waals surface area contributed by atoms with Crippen LogP contribution < -0.4 is 0 Å². The van der Waals surface area contributed by atoms with Crippen LogP contribution in [-0.4, -0.2) is 37.1 Å². The van der Waals surface area contributed by atoms with Crippen molar-refractivity contribution in [3.63, 3.8) is 0 Å². The molecule has 2 rings (SSSR count). The van der Waals surface area contributed by atoms with Gasteiger partial charge in [-0.15, -0.1) is 0 Å². The molecule has 5 N–H and O–H groups in total. The molecule has 0 fully saturated rings.